The number of para-hydroxylation sites is 2. The van der Waals surface area contributed by atoms with E-state index in [1.807, 2.05) is 0 Å². The molecule has 0 N–H and O–H groups in total. The minimum atomic E-state index is 0.951. The lowest BCUT2D eigenvalue weighted by Gasteiger charge is -2.19. The predicted octanol–water partition coefficient (Wildman–Crippen LogP) is 18.9. The highest BCUT2D eigenvalue weighted by atomic mass is 15.0. The first-order valence-corrected chi connectivity index (χ1v) is 24.8. The highest BCUT2D eigenvalue weighted by Gasteiger charge is 2.19. The molecular formula is C68H52N2. The molecule has 0 spiro atoms. The van der Waals surface area contributed by atoms with Crippen LogP contribution < -0.4 is 0 Å². The zero-order valence-corrected chi connectivity index (χ0v) is 40.1. The van der Waals surface area contributed by atoms with Crippen molar-refractivity contribution >= 4 is 65.2 Å². The van der Waals surface area contributed by atoms with Crippen molar-refractivity contribution in [2.45, 2.75) is 40.8 Å². The van der Waals surface area contributed by atoms with Gasteiger partial charge in [0.25, 0.3) is 0 Å². The van der Waals surface area contributed by atoms with Gasteiger partial charge in [-0.25, -0.2) is 0 Å². The summed E-state index contributed by atoms with van der Waals surface area (Å²) in [5, 5.41) is 10.3. The molecule has 0 bridgehead atoms. The Morgan fingerprint density at radius 2 is 0.514 bits per heavy atom. The normalized spacial score (nSPS) is 11.8. The van der Waals surface area contributed by atoms with Crippen LogP contribution in [0.25, 0.3) is 132 Å². The molecule has 2 heteroatoms. The smallest absolute Gasteiger partial charge is 0.0491 e. The van der Waals surface area contributed by atoms with Gasteiger partial charge in [-0.3, -0.25) is 0 Å². The van der Waals surface area contributed by atoms with Crippen molar-refractivity contribution in [1.29, 1.82) is 0 Å². The van der Waals surface area contributed by atoms with Crippen LogP contribution >= 0.6 is 0 Å². The number of nitrogens with zero attached hydrogens (tertiary/aromatic N) is 2. The summed E-state index contributed by atoms with van der Waals surface area (Å²) >= 11 is 0. The summed E-state index contributed by atoms with van der Waals surface area (Å²) in [6.07, 6.45) is 0. The van der Waals surface area contributed by atoms with Gasteiger partial charge in [0, 0.05) is 56.7 Å². The third-order valence-electron chi connectivity index (χ3n) is 15.3. The highest BCUT2D eigenvalue weighted by molar-refractivity contribution is 6.22. The van der Waals surface area contributed by atoms with Gasteiger partial charge in [0.2, 0.25) is 0 Å². The average Bonchev–Trinajstić information content (AvgIpc) is 3.92. The Kier molecular flexibility index (Phi) is 9.92. The van der Waals surface area contributed by atoms with E-state index in [2.05, 4.69) is 255 Å². The Hall–Kier alpha value is -8.46. The summed E-state index contributed by atoms with van der Waals surface area (Å²) in [6.45, 7) is 10.8. The monoisotopic (exact) mass is 896 g/mol. The van der Waals surface area contributed by atoms with Crippen molar-refractivity contribution in [3.05, 3.63) is 230 Å². The van der Waals surface area contributed by atoms with E-state index in [4.69, 9.17) is 0 Å². The van der Waals surface area contributed by atoms with Crippen LogP contribution in [-0.2, 0) is 13.1 Å². The van der Waals surface area contributed by atoms with Crippen LogP contribution in [0.15, 0.2) is 218 Å². The Morgan fingerprint density at radius 1 is 0.243 bits per heavy atom. The van der Waals surface area contributed by atoms with Crippen LogP contribution in [-0.4, -0.2) is 9.13 Å². The predicted molar refractivity (Wildman–Crippen MR) is 301 cm³/mol. The molecule has 2 aromatic heterocycles. The number of benzene rings is 11. The topological polar surface area (TPSA) is 9.86 Å². The Labute approximate surface area is 409 Å². The molecule has 0 amide bonds. The lowest BCUT2D eigenvalue weighted by Crippen LogP contribution is -1.93. The second-order valence-corrected chi connectivity index (χ2v) is 19.1. The summed E-state index contributed by atoms with van der Waals surface area (Å²) in [4.78, 5) is 0. The molecule has 0 unspecified atom stereocenters. The van der Waals surface area contributed by atoms with Crippen molar-refractivity contribution in [1.82, 2.24) is 9.13 Å². The Balaban J connectivity index is 0.818. The number of hydrogen-bond donors (Lipinski definition) is 0. The fourth-order valence-corrected chi connectivity index (χ4v) is 11.6. The maximum Gasteiger partial charge on any atom is 0.0491 e. The van der Waals surface area contributed by atoms with E-state index in [0.29, 0.717) is 0 Å². The minimum absolute atomic E-state index is 0.951. The van der Waals surface area contributed by atoms with Gasteiger partial charge in [0.05, 0.1) is 0 Å². The molecule has 0 aliphatic rings. The molecule has 0 saturated heterocycles. The summed E-state index contributed by atoms with van der Waals surface area (Å²) in [5.41, 5.74) is 22.6. The maximum atomic E-state index is 2.41. The second-order valence-electron chi connectivity index (χ2n) is 19.1. The van der Waals surface area contributed by atoms with E-state index in [9.17, 15) is 0 Å². The third-order valence-corrected chi connectivity index (χ3v) is 15.3. The van der Waals surface area contributed by atoms with Crippen LogP contribution in [0, 0.1) is 13.8 Å². The third kappa shape index (κ3) is 6.70. The molecule has 0 aliphatic heterocycles. The molecule has 70 heavy (non-hydrogen) atoms. The molecular weight excluding hydrogens is 845 g/mol. The van der Waals surface area contributed by atoms with Crippen LogP contribution in [0.1, 0.15) is 25.0 Å². The minimum Gasteiger partial charge on any atom is -0.341 e. The van der Waals surface area contributed by atoms with Crippen LogP contribution in [0.2, 0.25) is 0 Å². The van der Waals surface area contributed by atoms with Gasteiger partial charge in [0.1, 0.15) is 0 Å². The van der Waals surface area contributed by atoms with Crippen molar-refractivity contribution in [3.8, 4) is 66.8 Å². The summed E-state index contributed by atoms with van der Waals surface area (Å²) in [7, 11) is 0. The molecule has 0 fully saturated rings. The first kappa shape index (κ1) is 41.7. The van der Waals surface area contributed by atoms with E-state index >= 15 is 0 Å². The number of hydrogen-bond acceptors (Lipinski definition) is 0. The van der Waals surface area contributed by atoms with Crippen LogP contribution in [0.5, 0.6) is 0 Å². The zero-order chi connectivity index (χ0) is 47.0. The van der Waals surface area contributed by atoms with Gasteiger partial charge in [-0.05, 0) is 164 Å². The second kappa shape index (κ2) is 16.6. The van der Waals surface area contributed by atoms with Gasteiger partial charge >= 0.3 is 0 Å². The molecule has 0 atom stereocenters. The van der Waals surface area contributed by atoms with Crippen LogP contribution in [0.4, 0.5) is 0 Å². The van der Waals surface area contributed by atoms with Gasteiger partial charge < -0.3 is 9.13 Å². The molecule has 334 valence electrons. The standard InChI is InChI=1S/C68H52N2/c1-5-69-63-17-11-9-13-55(63)59-41-53(35-37-65(59)69)49-23-19-45(20-24-49)47-27-31-51(32-28-47)67-57-15-7-8-16-58(57)68(62-40-44(4)43(3)39-61(62)67)52-33-29-48(30-34-52)46-21-25-50(26-22-46)54-36-38-66-60(42-54)56-14-10-12-18-64(56)70(66)6-2/h7-42H,5-6H2,1-4H3. The molecule has 0 radical (unpaired) electrons. The van der Waals surface area contributed by atoms with Crippen molar-refractivity contribution in [2.75, 3.05) is 0 Å². The number of aryl methyl sites for hydroxylation is 4. The molecule has 0 saturated carbocycles. The number of aromatic nitrogens is 2. The fraction of sp³-hybridized carbons (Fsp3) is 0.0882. The maximum absolute atomic E-state index is 2.41. The summed E-state index contributed by atoms with van der Waals surface area (Å²) in [5.74, 6) is 0. The van der Waals surface area contributed by atoms with E-state index in [1.165, 1.54) is 143 Å². The largest absolute Gasteiger partial charge is 0.341 e. The average molecular weight is 897 g/mol. The van der Waals surface area contributed by atoms with E-state index in [1.54, 1.807) is 0 Å². The van der Waals surface area contributed by atoms with Crippen molar-refractivity contribution in [2.24, 2.45) is 0 Å². The van der Waals surface area contributed by atoms with E-state index in [0.717, 1.165) is 13.1 Å². The molecule has 0 aliphatic carbocycles. The molecule has 13 aromatic rings. The SMILES string of the molecule is CCn1c2ccccc2c2cc(-c3ccc(-c4ccc(-c5c6ccccc6c(-c6ccc(-c7ccc(-c8ccc9c(c8)c8ccccc8n9CC)cc7)cc6)c6cc(C)c(C)cc56)cc4)cc3)ccc21. The van der Waals surface area contributed by atoms with Gasteiger partial charge in [0.15, 0.2) is 0 Å². The summed E-state index contributed by atoms with van der Waals surface area (Å²) < 4.78 is 4.83. The van der Waals surface area contributed by atoms with Crippen LogP contribution in [0.3, 0.4) is 0 Å². The van der Waals surface area contributed by atoms with E-state index < -0.39 is 0 Å². The highest BCUT2D eigenvalue weighted by Crippen LogP contribution is 2.45. The quantitative estimate of drug-likeness (QED) is 0.135. The number of rotatable bonds is 8. The Morgan fingerprint density at radius 3 is 0.857 bits per heavy atom. The molecule has 13 rings (SSSR count). The van der Waals surface area contributed by atoms with Crippen molar-refractivity contribution in [3.63, 3.8) is 0 Å². The zero-order valence-electron chi connectivity index (χ0n) is 40.1. The fourth-order valence-electron chi connectivity index (χ4n) is 11.6. The molecule has 11 aromatic carbocycles. The van der Waals surface area contributed by atoms with Gasteiger partial charge in [-0.2, -0.15) is 0 Å². The Bertz CT molecular complexity index is 3890. The van der Waals surface area contributed by atoms with Gasteiger partial charge in [-0.1, -0.05) is 182 Å². The van der Waals surface area contributed by atoms with Crippen molar-refractivity contribution < 1.29 is 0 Å². The lowest BCUT2D eigenvalue weighted by atomic mass is 9.84. The van der Waals surface area contributed by atoms with E-state index in [-0.39, 0.29) is 0 Å². The molecule has 2 nitrogen and oxygen atoms in total. The lowest BCUT2D eigenvalue weighted by molar-refractivity contribution is 0.827. The summed E-state index contributed by atoms with van der Waals surface area (Å²) in [6, 6.07) is 81.8. The first-order chi connectivity index (χ1) is 34.4. The van der Waals surface area contributed by atoms with Gasteiger partial charge in [-0.15, -0.1) is 0 Å². The molecule has 2 heterocycles. The first-order valence-electron chi connectivity index (χ1n) is 24.8. The number of fused-ring (bicyclic) bond motifs is 8.